The number of carbonyl (C=O) groups excluding carboxylic acids is 1. The number of anilines is 1. The summed E-state index contributed by atoms with van der Waals surface area (Å²) in [7, 11) is 0. The zero-order valence-electron chi connectivity index (χ0n) is 11.6. The van der Waals surface area contributed by atoms with E-state index in [4.69, 9.17) is 0 Å². The lowest BCUT2D eigenvalue weighted by Gasteiger charge is -2.23. The second-order valence-electron chi connectivity index (χ2n) is 4.97. The van der Waals surface area contributed by atoms with Crippen LogP contribution in [0.2, 0.25) is 0 Å². The number of nitrogens with one attached hydrogen (secondary N) is 2. The van der Waals surface area contributed by atoms with Crippen LogP contribution in [0.4, 0.5) is 10.1 Å². The quantitative estimate of drug-likeness (QED) is 0.741. The van der Waals surface area contributed by atoms with Crippen molar-refractivity contribution in [3.63, 3.8) is 0 Å². The van der Waals surface area contributed by atoms with Crippen molar-refractivity contribution in [1.29, 1.82) is 0 Å². The van der Waals surface area contributed by atoms with Gasteiger partial charge in [0.25, 0.3) is 0 Å². The molecule has 1 atom stereocenters. The van der Waals surface area contributed by atoms with Gasteiger partial charge in [0.1, 0.15) is 5.82 Å². The minimum Gasteiger partial charge on any atom is -0.385 e. The van der Waals surface area contributed by atoms with Crippen LogP contribution in [0.15, 0.2) is 54.6 Å². The number of aliphatic hydroxyl groups is 1. The molecule has 21 heavy (non-hydrogen) atoms. The van der Waals surface area contributed by atoms with Gasteiger partial charge in [0.2, 0.25) is 5.91 Å². The first kappa shape index (κ1) is 15.0. The molecule has 0 saturated heterocycles. The van der Waals surface area contributed by atoms with Crippen molar-refractivity contribution in [2.75, 3.05) is 5.43 Å². The van der Waals surface area contributed by atoms with Crippen molar-refractivity contribution in [3.8, 4) is 0 Å². The van der Waals surface area contributed by atoms with Gasteiger partial charge in [-0.15, -0.1) is 0 Å². The van der Waals surface area contributed by atoms with Crippen LogP contribution in [0.1, 0.15) is 18.9 Å². The Kier molecular flexibility index (Phi) is 4.55. The smallest absolute Gasteiger partial charge is 0.241 e. The van der Waals surface area contributed by atoms with Crippen molar-refractivity contribution in [2.24, 2.45) is 0 Å². The largest absolute Gasteiger partial charge is 0.385 e. The van der Waals surface area contributed by atoms with E-state index in [1.165, 1.54) is 12.1 Å². The minimum atomic E-state index is -1.29. The van der Waals surface area contributed by atoms with Gasteiger partial charge in [-0.3, -0.25) is 15.6 Å². The van der Waals surface area contributed by atoms with E-state index in [1.807, 2.05) is 6.07 Å². The molecule has 5 heteroatoms. The van der Waals surface area contributed by atoms with E-state index >= 15 is 0 Å². The summed E-state index contributed by atoms with van der Waals surface area (Å²) in [6.45, 7) is 1.56. The molecular formula is C16H17FN2O2. The number of hydrazine groups is 1. The summed E-state index contributed by atoms with van der Waals surface area (Å²) in [5.41, 5.74) is 4.40. The lowest BCUT2D eigenvalue weighted by atomic mass is 9.92. The molecule has 0 spiro atoms. The normalized spacial score (nSPS) is 13.3. The lowest BCUT2D eigenvalue weighted by molar-refractivity contribution is -0.125. The Morgan fingerprint density at radius 3 is 2.43 bits per heavy atom. The van der Waals surface area contributed by atoms with E-state index in [0.717, 1.165) is 0 Å². The van der Waals surface area contributed by atoms with Gasteiger partial charge in [-0.2, -0.15) is 0 Å². The van der Waals surface area contributed by atoms with Gasteiger partial charge in [0, 0.05) is 0 Å². The molecular weight excluding hydrogens is 271 g/mol. The van der Waals surface area contributed by atoms with E-state index < -0.39 is 17.3 Å². The van der Waals surface area contributed by atoms with Gasteiger partial charge in [0.15, 0.2) is 0 Å². The topological polar surface area (TPSA) is 61.4 Å². The van der Waals surface area contributed by atoms with Crippen molar-refractivity contribution in [2.45, 2.75) is 18.9 Å². The fourth-order valence-electron chi connectivity index (χ4n) is 1.96. The number of hydrogen-bond acceptors (Lipinski definition) is 3. The number of hydrogen-bond donors (Lipinski definition) is 3. The van der Waals surface area contributed by atoms with Crippen LogP contribution in [0.3, 0.4) is 0 Å². The summed E-state index contributed by atoms with van der Waals surface area (Å²) < 4.78 is 13.4. The Hall–Kier alpha value is -2.40. The highest BCUT2D eigenvalue weighted by Gasteiger charge is 2.26. The van der Waals surface area contributed by atoms with E-state index in [2.05, 4.69) is 10.9 Å². The summed E-state index contributed by atoms with van der Waals surface area (Å²) in [5.74, 6) is -0.903. The fourth-order valence-corrected chi connectivity index (χ4v) is 1.96. The predicted molar refractivity (Wildman–Crippen MR) is 78.8 cm³/mol. The molecule has 2 aromatic rings. The molecule has 2 aromatic carbocycles. The molecule has 0 bridgehead atoms. The third-order valence-electron chi connectivity index (χ3n) is 3.11. The van der Waals surface area contributed by atoms with E-state index in [-0.39, 0.29) is 12.1 Å². The Morgan fingerprint density at radius 2 is 1.76 bits per heavy atom. The predicted octanol–water partition coefficient (Wildman–Crippen LogP) is 2.57. The highest BCUT2D eigenvalue weighted by molar-refractivity contribution is 5.78. The molecule has 0 aliphatic heterocycles. The molecule has 0 heterocycles. The number of amides is 1. The molecule has 4 nitrogen and oxygen atoms in total. The zero-order valence-corrected chi connectivity index (χ0v) is 11.6. The van der Waals surface area contributed by atoms with Crippen LogP contribution in [0.5, 0.6) is 0 Å². The van der Waals surface area contributed by atoms with Crippen LogP contribution in [-0.2, 0) is 10.4 Å². The molecule has 1 amide bonds. The number of benzene rings is 2. The first-order valence-electron chi connectivity index (χ1n) is 6.56. The highest BCUT2D eigenvalue weighted by Crippen LogP contribution is 2.23. The summed E-state index contributed by atoms with van der Waals surface area (Å²) in [5, 5.41) is 10.3. The van der Waals surface area contributed by atoms with Crippen molar-refractivity contribution >= 4 is 11.6 Å². The summed E-state index contributed by atoms with van der Waals surface area (Å²) in [6, 6.07) is 14.9. The van der Waals surface area contributed by atoms with E-state index in [9.17, 15) is 14.3 Å². The van der Waals surface area contributed by atoms with Gasteiger partial charge in [0.05, 0.1) is 17.7 Å². The van der Waals surface area contributed by atoms with E-state index in [0.29, 0.717) is 5.56 Å². The van der Waals surface area contributed by atoms with Gasteiger partial charge in [-0.05, 0) is 24.6 Å². The Morgan fingerprint density at radius 1 is 1.14 bits per heavy atom. The average molecular weight is 288 g/mol. The molecule has 0 saturated carbocycles. The maximum Gasteiger partial charge on any atom is 0.241 e. The monoisotopic (exact) mass is 288 g/mol. The first-order chi connectivity index (χ1) is 9.99. The van der Waals surface area contributed by atoms with Crippen LogP contribution in [0.25, 0.3) is 0 Å². The van der Waals surface area contributed by atoms with Gasteiger partial charge in [-0.1, -0.05) is 42.5 Å². The molecule has 0 fully saturated rings. The van der Waals surface area contributed by atoms with Gasteiger partial charge >= 0.3 is 0 Å². The molecule has 110 valence electrons. The third kappa shape index (κ3) is 4.03. The third-order valence-corrected chi connectivity index (χ3v) is 3.11. The molecule has 0 radical (unpaired) electrons. The number of para-hydroxylation sites is 1. The Bertz CT molecular complexity index is 615. The Balaban J connectivity index is 1.94. The second-order valence-corrected chi connectivity index (χ2v) is 4.97. The minimum absolute atomic E-state index is 0.140. The van der Waals surface area contributed by atoms with Crippen LogP contribution >= 0.6 is 0 Å². The molecule has 2 rings (SSSR count). The number of carbonyl (C=O) groups is 1. The molecule has 0 aliphatic rings. The molecule has 1 unspecified atom stereocenters. The first-order valence-corrected chi connectivity index (χ1v) is 6.56. The van der Waals surface area contributed by atoms with Crippen LogP contribution < -0.4 is 10.9 Å². The average Bonchev–Trinajstić information content (AvgIpc) is 2.47. The maximum absolute atomic E-state index is 13.4. The van der Waals surface area contributed by atoms with Gasteiger partial charge in [-0.25, -0.2) is 4.39 Å². The molecule has 0 aromatic heterocycles. The van der Waals surface area contributed by atoms with Crippen molar-refractivity contribution in [1.82, 2.24) is 5.43 Å². The molecule has 3 N–H and O–H groups in total. The second kappa shape index (κ2) is 6.37. The lowest BCUT2D eigenvalue weighted by Crippen LogP contribution is -2.36. The summed E-state index contributed by atoms with van der Waals surface area (Å²) in [4.78, 5) is 11.9. The summed E-state index contributed by atoms with van der Waals surface area (Å²) >= 11 is 0. The van der Waals surface area contributed by atoms with Crippen molar-refractivity contribution in [3.05, 3.63) is 66.0 Å². The SMILES string of the molecule is CC(O)(CC(=O)NNc1ccccc1F)c1ccccc1. The molecule has 0 aliphatic carbocycles. The maximum atomic E-state index is 13.4. The standard InChI is InChI=1S/C16H17FN2O2/c1-16(21,12-7-3-2-4-8-12)11-15(20)19-18-14-10-6-5-9-13(14)17/h2-10,18,21H,11H2,1H3,(H,19,20). The Labute approximate surface area is 122 Å². The summed E-state index contributed by atoms with van der Waals surface area (Å²) in [6.07, 6.45) is -0.140. The zero-order chi connectivity index (χ0) is 15.3. The van der Waals surface area contributed by atoms with Crippen LogP contribution in [-0.4, -0.2) is 11.0 Å². The van der Waals surface area contributed by atoms with E-state index in [1.54, 1.807) is 43.3 Å². The fraction of sp³-hybridized carbons (Fsp3) is 0.188. The number of halogens is 1. The van der Waals surface area contributed by atoms with Gasteiger partial charge < -0.3 is 5.11 Å². The number of rotatable bonds is 5. The van der Waals surface area contributed by atoms with Crippen molar-refractivity contribution < 1.29 is 14.3 Å². The van der Waals surface area contributed by atoms with Crippen LogP contribution in [0, 0.1) is 5.82 Å². The highest BCUT2D eigenvalue weighted by atomic mass is 19.1.